The van der Waals surface area contributed by atoms with Gasteiger partial charge in [-0.2, -0.15) is 5.26 Å². The molecule has 2 unspecified atom stereocenters. The van der Waals surface area contributed by atoms with Crippen LogP contribution in [0.5, 0.6) is 5.75 Å². The highest BCUT2D eigenvalue weighted by molar-refractivity contribution is 6.31. The normalized spacial score (nSPS) is 25.5. The van der Waals surface area contributed by atoms with E-state index >= 15 is 0 Å². The highest BCUT2D eigenvalue weighted by atomic mass is 35.5. The van der Waals surface area contributed by atoms with Crippen molar-refractivity contribution < 1.29 is 23.9 Å². The second-order valence-corrected chi connectivity index (χ2v) is 18.6. The lowest BCUT2D eigenvalue weighted by Crippen LogP contribution is -2.74. The molecular formula is C46H54ClN7O5. The number of piperazine rings is 1. The molecule has 0 bridgehead atoms. The second-order valence-electron chi connectivity index (χ2n) is 18.2. The highest BCUT2D eigenvalue weighted by Crippen LogP contribution is 2.55. The van der Waals surface area contributed by atoms with E-state index in [0.717, 1.165) is 75.6 Å². The Bertz CT molecular complexity index is 2170. The minimum Gasteiger partial charge on any atom is -0.489 e. The van der Waals surface area contributed by atoms with Crippen LogP contribution in [0.25, 0.3) is 0 Å². The predicted molar refractivity (Wildman–Crippen MR) is 227 cm³/mol. The maximum Gasteiger partial charge on any atom is 0.255 e. The zero-order chi connectivity index (χ0) is 41.8. The van der Waals surface area contributed by atoms with Crippen LogP contribution in [0.3, 0.4) is 0 Å². The molecule has 3 aromatic rings. The Hall–Kier alpha value is -5.12. The van der Waals surface area contributed by atoms with E-state index in [-0.39, 0.29) is 59.1 Å². The number of carbonyl (C=O) groups excluding carboxylic acids is 4. The molecule has 4 fully saturated rings. The Labute approximate surface area is 351 Å². The summed E-state index contributed by atoms with van der Waals surface area (Å²) >= 11 is 6.26. The molecule has 4 aliphatic heterocycles. The lowest BCUT2D eigenvalue weighted by atomic mass is 9.49. The summed E-state index contributed by atoms with van der Waals surface area (Å²) in [7, 11) is 0. The van der Waals surface area contributed by atoms with Gasteiger partial charge in [0.05, 0.1) is 16.6 Å². The average Bonchev–Trinajstić information content (AvgIpc) is 3.47. The molecule has 2 N–H and O–H groups in total. The van der Waals surface area contributed by atoms with Crippen molar-refractivity contribution in [2.45, 2.75) is 84.5 Å². The van der Waals surface area contributed by atoms with Gasteiger partial charge in [-0.3, -0.25) is 29.4 Å². The number of amides is 4. The largest absolute Gasteiger partial charge is 0.489 e. The molecule has 1 saturated carbocycles. The maximum atomic E-state index is 13.6. The van der Waals surface area contributed by atoms with Gasteiger partial charge in [0, 0.05) is 97.7 Å². The summed E-state index contributed by atoms with van der Waals surface area (Å²) in [5.41, 5.74) is 4.11. The summed E-state index contributed by atoms with van der Waals surface area (Å²) in [6, 6.07) is 20.3. The molecule has 8 rings (SSSR count). The number of imide groups is 1. The predicted octanol–water partition coefficient (Wildman–Crippen LogP) is 6.18. The summed E-state index contributed by atoms with van der Waals surface area (Å²) in [6.07, 6.45) is 2.65. The Morgan fingerprint density at radius 3 is 2.19 bits per heavy atom. The quantitative estimate of drug-likeness (QED) is 0.243. The fraction of sp³-hybridized carbons (Fsp3) is 0.500. The molecule has 4 amide bonds. The fourth-order valence-corrected chi connectivity index (χ4v) is 10.9. The summed E-state index contributed by atoms with van der Waals surface area (Å²) in [5, 5.41) is 15.3. The van der Waals surface area contributed by atoms with Crippen molar-refractivity contribution >= 4 is 46.6 Å². The van der Waals surface area contributed by atoms with Gasteiger partial charge < -0.3 is 24.8 Å². The third kappa shape index (κ3) is 7.64. The topological polar surface area (TPSA) is 138 Å². The Morgan fingerprint density at radius 2 is 1.54 bits per heavy atom. The molecule has 310 valence electrons. The summed E-state index contributed by atoms with van der Waals surface area (Å²) in [4.78, 5) is 60.4. The average molecular weight is 820 g/mol. The molecule has 0 aromatic heterocycles. The van der Waals surface area contributed by atoms with Crippen LogP contribution in [0.1, 0.15) is 98.2 Å². The van der Waals surface area contributed by atoms with Gasteiger partial charge in [0.15, 0.2) is 0 Å². The van der Waals surface area contributed by atoms with Crippen LogP contribution >= 0.6 is 11.6 Å². The fourth-order valence-electron chi connectivity index (χ4n) is 10.7. The van der Waals surface area contributed by atoms with Gasteiger partial charge >= 0.3 is 0 Å². The van der Waals surface area contributed by atoms with Crippen molar-refractivity contribution in [2.75, 3.05) is 55.6 Å². The molecule has 5 aliphatic rings. The molecule has 12 nitrogen and oxygen atoms in total. The minimum absolute atomic E-state index is 0.0999. The van der Waals surface area contributed by atoms with Gasteiger partial charge in [-0.25, -0.2) is 0 Å². The molecule has 4 heterocycles. The molecule has 1 aliphatic carbocycles. The van der Waals surface area contributed by atoms with Crippen molar-refractivity contribution in [1.29, 1.82) is 5.26 Å². The van der Waals surface area contributed by atoms with E-state index in [1.54, 1.807) is 23.1 Å². The van der Waals surface area contributed by atoms with Crippen molar-refractivity contribution in [3.63, 3.8) is 0 Å². The number of nitrogens with one attached hydrogen (secondary N) is 2. The van der Waals surface area contributed by atoms with Crippen LogP contribution in [0.4, 0.5) is 11.4 Å². The molecular weight excluding hydrogens is 766 g/mol. The third-order valence-corrected chi connectivity index (χ3v) is 14.0. The number of benzene rings is 3. The molecule has 3 aromatic carbocycles. The van der Waals surface area contributed by atoms with Crippen molar-refractivity contribution in [3.8, 4) is 11.8 Å². The lowest BCUT2D eigenvalue weighted by molar-refractivity contribution is -0.164. The Kier molecular flexibility index (Phi) is 10.9. The van der Waals surface area contributed by atoms with Crippen LogP contribution in [-0.4, -0.2) is 97.4 Å². The van der Waals surface area contributed by atoms with Crippen molar-refractivity contribution in [3.05, 3.63) is 87.9 Å². The van der Waals surface area contributed by atoms with E-state index in [1.165, 1.54) is 0 Å². The SMILES string of the molecule is CC1c2ccc(N3CCN(CC4CCN(c5ccc(C(=O)N[C@H]6C(C)(C)[C@H](Oc7ccc(C#N)c(Cl)c7)C6(C)C)cc5)CC4)CC3)cc2C(=O)N1C1CCC(=O)NC1=O. The number of rotatable bonds is 9. The zero-order valence-electron chi connectivity index (χ0n) is 34.6. The number of hydrogen-bond acceptors (Lipinski definition) is 9. The van der Waals surface area contributed by atoms with Gasteiger partial charge in [-0.15, -0.1) is 0 Å². The highest BCUT2D eigenvalue weighted by Gasteiger charge is 2.64. The Morgan fingerprint density at radius 1 is 0.881 bits per heavy atom. The first-order chi connectivity index (χ1) is 28.1. The first kappa shape index (κ1) is 40.7. The number of ether oxygens (including phenoxy) is 1. The maximum absolute atomic E-state index is 13.6. The molecule has 13 heteroatoms. The van der Waals surface area contributed by atoms with Crippen molar-refractivity contribution in [1.82, 2.24) is 20.4 Å². The monoisotopic (exact) mass is 819 g/mol. The number of halogens is 1. The van der Waals surface area contributed by atoms with Gasteiger partial charge in [-0.05, 0) is 86.2 Å². The molecule has 59 heavy (non-hydrogen) atoms. The summed E-state index contributed by atoms with van der Waals surface area (Å²) < 4.78 is 6.39. The zero-order valence-corrected chi connectivity index (χ0v) is 35.3. The van der Waals surface area contributed by atoms with Crippen LogP contribution in [0.15, 0.2) is 60.7 Å². The van der Waals surface area contributed by atoms with Gasteiger partial charge in [0.1, 0.15) is 24.0 Å². The smallest absolute Gasteiger partial charge is 0.255 e. The molecule has 0 spiro atoms. The van der Waals surface area contributed by atoms with Crippen LogP contribution in [-0.2, 0) is 9.59 Å². The van der Waals surface area contributed by atoms with Gasteiger partial charge in [-0.1, -0.05) is 45.4 Å². The third-order valence-electron chi connectivity index (χ3n) is 13.7. The van der Waals surface area contributed by atoms with E-state index < -0.39 is 6.04 Å². The molecule has 3 saturated heterocycles. The van der Waals surface area contributed by atoms with E-state index in [0.29, 0.717) is 39.8 Å². The number of nitrogens with zero attached hydrogens (tertiary/aromatic N) is 5. The van der Waals surface area contributed by atoms with Gasteiger partial charge in [0.2, 0.25) is 11.8 Å². The Balaban J connectivity index is 0.789. The van der Waals surface area contributed by atoms with E-state index in [2.05, 4.69) is 77.3 Å². The number of piperidine rings is 2. The first-order valence-electron chi connectivity index (χ1n) is 21.0. The van der Waals surface area contributed by atoms with E-state index in [1.807, 2.05) is 31.2 Å². The van der Waals surface area contributed by atoms with Crippen LogP contribution < -0.4 is 25.2 Å². The van der Waals surface area contributed by atoms with Crippen LogP contribution in [0, 0.1) is 28.1 Å². The molecule has 2 atom stereocenters. The number of fused-ring (bicyclic) bond motifs is 1. The van der Waals surface area contributed by atoms with E-state index in [4.69, 9.17) is 16.3 Å². The summed E-state index contributed by atoms with van der Waals surface area (Å²) in [6.45, 7) is 17.1. The van der Waals surface area contributed by atoms with E-state index in [9.17, 15) is 24.4 Å². The second kappa shape index (κ2) is 15.8. The molecule has 0 radical (unpaired) electrons. The number of hydrogen-bond donors (Lipinski definition) is 2. The lowest BCUT2D eigenvalue weighted by Gasteiger charge is -2.63. The first-order valence-corrected chi connectivity index (χ1v) is 21.3. The summed E-state index contributed by atoms with van der Waals surface area (Å²) in [5.74, 6) is 0.320. The van der Waals surface area contributed by atoms with Crippen LogP contribution in [0.2, 0.25) is 5.02 Å². The number of carbonyl (C=O) groups is 4. The number of nitriles is 1. The standard InChI is InChI=1S/C46H54ClN7O5/c1-28-35-13-11-33(24-36(35)42(58)54(28)38-14-15-39(55)49-41(38)57)53-22-20-51(21-23-53)27-29-16-18-52(19-17-29)32-9-6-30(7-10-32)40(56)50-43-45(2,3)44(46(43,4)5)59-34-12-8-31(26-48)37(47)25-34/h6-13,24-25,28-29,38,43-44H,14-23,27H2,1-5H3,(H,50,56)(H,49,55,57)/t28?,38?,43-,44-. The van der Waals surface area contributed by atoms with Gasteiger partial charge in [0.25, 0.3) is 11.8 Å². The minimum atomic E-state index is -0.625. The number of anilines is 2. The van der Waals surface area contributed by atoms with Crippen molar-refractivity contribution in [2.24, 2.45) is 16.7 Å².